The number of carbonyl (C=O) groups is 1. The Kier molecular flexibility index (Phi) is 6.76. The molecular formula is C15H19N3O3S3. The van der Waals surface area contributed by atoms with Crippen LogP contribution in [0.15, 0.2) is 34.7 Å². The highest BCUT2D eigenvalue weighted by Gasteiger charge is 2.19. The maximum absolute atomic E-state index is 12.1. The van der Waals surface area contributed by atoms with Gasteiger partial charge in [-0.15, -0.1) is 10.2 Å². The number of rotatable bonds is 8. The fourth-order valence-corrected chi connectivity index (χ4v) is 5.09. The number of carbonyl (C=O) groups excluding carboxylic acids is 1. The number of nitrogens with zero attached hydrogens (tertiary/aromatic N) is 2. The van der Waals surface area contributed by atoms with Gasteiger partial charge in [0.15, 0.2) is 14.2 Å². The molecule has 0 aliphatic carbocycles. The second-order valence-electron chi connectivity index (χ2n) is 5.28. The van der Waals surface area contributed by atoms with Crippen LogP contribution in [0.25, 0.3) is 0 Å². The number of anilines is 1. The molecule has 1 aromatic heterocycles. The summed E-state index contributed by atoms with van der Waals surface area (Å²) in [5, 5.41) is 11.1. The molecular weight excluding hydrogens is 366 g/mol. The molecule has 0 saturated heterocycles. The molecule has 1 unspecified atom stereocenters. The third-order valence-corrected chi connectivity index (χ3v) is 6.78. The van der Waals surface area contributed by atoms with E-state index in [1.165, 1.54) is 11.3 Å². The van der Waals surface area contributed by atoms with Crippen LogP contribution in [0.4, 0.5) is 5.13 Å². The molecule has 0 spiro atoms. The lowest BCUT2D eigenvalue weighted by Gasteiger charge is -2.04. The Morgan fingerprint density at radius 2 is 2.00 bits per heavy atom. The van der Waals surface area contributed by atoms with Crippen molar-refractivity contribution in [3.05, 3.63) is 35.9 Å². The van der Waals surface area contributed by atoms with E-state index < -0.39 is 21.5 Å². The van der Waals surface area contributed by atoms with Gasteiger partial charge in [0.25, 0.3) is 0 Å². The SMILES string of the molecule is CCC(C)Sc1nnc(NC(=O)CS(=O)(=O)Cc2ccccc2)s1. The summed E-state index contributed by atoms with van der Waals surface area (Å²) in [7, 11) is -3.53. The maximum atomic E-state index is 12.1. The first-order valence-electron chi connectivity index (χ1n) is 7.42. The second kappa shape index (κ2) is 8.59. The summed E-state index contributed by atoms with van der Waals surface area (Å²) < 4.78 is 24.9. The van der Waals surface area contributed by atoms with Crippen LogP contribution in [0.5, 0.6) is 0 Å². The summed E-state index contributed by atoms with van der Waals surface area (Å²) in [5.74, 6) is -1.33. The zero-order valence-corrected chi connectivity index (χ0v) is 15.9. The molecule has 0 aliphatic heterocycles. The zero-order chi connectivity index (χ0) is 17.6. The molecule has 6 nitrogen and oxygen atoms in total. The number of nitrogens with one attached hydrogen (secondary N) is 1. The van der Waals surface area contributed by atoms with Crippen molar-refractivity contribution in [1.82, 2.24) is 10.2 Å². The van der Waals surface area contributed by atoms with E-state index in [-0.39, 0.29) is 5.75 Å². The van der Waals surface area contributed by atoms with Crippen molar-refractivity contribution in [3.63, 3.8) is 0 Å². The highest BCUT2D eigenvalue weighted by Crippen LogP contribution is 2.29. The Bertz CT molecular complexity index is 776. The first-order chi connectivity index (χ1) is 11.4. The van der Waals surface area contributed by atoms with Crippen molar-refractivity contribution in [2.24, 2.45) is 0 Å². The second-order valence-corrected chi connectivity index (χ2v) is 10.0. The third kappa shape index (κ3) is 6.21. The van der Waals surface area contributed by atoms with Gasteiger partial charge in [-0.2, -0.15) is 0 Å². The molecule has 24 heavy (non-hydrogen) atoms. The van der Waals surface area contributed by atoms with Gasteiger partial charge in [0.05, 0.1) is 5.75 Å². The number of aromatic nitrogens is 2. The number of hydrogen-bond donors (Lipinski definition) is 1. The van der Waals surface area contributed by atoms with Crippen molar-refractivity contribution in [3.8, 4) is 0 Å². The van der Waals surface area contributed by atoms with Crippen LogP contribution in [0.2, 0.25) is 0 Å². The van der Waals surface area contributed by atoms with Crippen LogP contribution < -0.4 is 5.32 Å². The van der Waals surface area contributed by atoms with Gasteiger partial charge < -0.3 is 0 Å². The van der Waals surface area contributed by atoms with E-state index in [2.05, 4.69) is 29.4 Å². The lowest BCUT2D eigenvalue weighted by molar-refractivity contribution is -0.113. The van der Waals surface area contributed by atoms with Crippen molar-refractivity contribution in [2.75, 3.05) is 11.1 Å². The number of sulfone groups is 1. The quantitative estimate of drug-likeness (QED) is 0.555. The van der Waals surface area contributed by atoms with Crippen LogP contribution in [0, 0.1) is 0 Å². The van der Waals surface area contributed by atoms with Crippen molar-refractivity contribution in [1.29, 1.82) is 0 Å². The van der Waals surface area contributed by atoms with Gasteiger partial charge in [-0.05, 0) is 12.0 Å². The van der Waals surface area contributed by atoms with Gasteiger partial charge >= 0.3 is 0 Å². The molecule has 0 radical (unpaired) electrons. The standard InChI is InChI=1S/C15H19N3O3S3/c1-3-11(2)22-15-18-17-14(23-15)16-13(19)10-24(20,21)9-12-7-5-4-6-8-12/h4-8,11H,3,9-10H2,1-2H3,(H,16,17,19). The predicted octanol–water partition coefficient (Wildman–Crippen LogP) is 2.98. The van der Waals surface area contributed by atoms with Crippen LogP contribution in [0.3, 0.4) is 0 Å². The van der Waals surface area contributed by atoms with E-state index in [1.807, 2.05) is 6.07 Å². The fraction of sp³-hybridized carbons (Fsp3) is 0.400. The molecule has 1 N–H and O–H groups in total. The summed E-state index contributed by atoms with van der Waals surface area (Å²) in [5.41, 5.74) is 0.661. The molecule has 1 heterocycles. The Morgan fingerprint density at radius 1 is 1.29 bits per heavy atom. The van der Waals surface area contributed by atoms with Gasteiger partial charge in [0.1, 0.15) is 5.75 Å². The molecule has 0 fully saturated rings. The van der Waals surface area contributed by atoms with Gasteiger partial charge in [0, 0.05) is 5.25 Å². The predicted molar refractivity (Wildman–Crippen MR) is 98.1 cm³/mol. The molecule has 130 valence electrons. The topological polar surface area (TPSA) is 89.0 Å². The summed E-state index contributed by atoms with van der Waals surface area (Å²) >= 11 is 2.83. The average molecular weight is 386 g/mol. The van der Waals surface area contributed by atoms with E-state index in [0.717, 1.165) is 10.8 Å². The molecule has 2 rings (SSSR count). The van der Waals surface area contributed by atoms with Gasteiger partial charge in [0.2, 0.25) is 11.0 Å². The number of hydrogen-bond acceptors (Lipinski definition) is 7. The third-order valence-electron chi connectivity index (χ3n) is 3.11. The Hall–Kier alpha value is -1.45. The molecule has 1 atom stereocenters. The van der Waals surface area contributed by atoms with E-state index in [1.54, 1.807) is 36.0 Å². The first kappa shape index (κ1) is 18.9. The highest BCUT2D eigenvalue weighted by molar-refractivity contribution is 8.01. The van der Waals surface area contributed by atoms with E-state index in [0.29, 0.717) is 15.9 Å². The number of amides is 1. The average Bonchev–Trinajstić information content (AvgIpc) is 2.93. The van der Waals surface area contributed by atoms with Crippen LogP contribution in [0.1, 0.15) is 25.8 Å². The largest absolute Gasteiger partial charge is 0.300 e. The summed E-state index contributed by atoms with van der Waals surface area (Å²) in [6, 6.07) is 8.79. The van der Waals surface area contributed by atoms with Crippen LogP contribution in [-0.4, -0.2) is 35.5 Å². The molecule has 1 amide bonds. The molecule has 9 heteroatoms. The Morgan fingerprint density at radius 3 is 2.67 bits per heavy atom. The van der Waals surface area contributed by atoms with Crippen LogP contribution in [-0.2, 0) is 20.4 Å². The first-order valence-corrected chi connectivity index (χ1v) is 10.9. The van der Waals surface area contributed by atoms with Crippen molar-refractivity contribution < 1.29 is 13.2 Å². The summed E-state index contributed by atoms with van der Waals surface area (Å²) in [4.78, 5) is 11.9. The Balaban J connectivity index is 1.90. The number of benzene rings is 1. The van der Waals surface area contributed by atoms with Gasteiger partial charge in [-0.1, -0.05) is 67.3 Å². The number of thioether (sulfide) groups is 1. The van der Waals surface area contributed by atoms with Crippen LogP contribution >= 0.6 is 23.1 Å². The fourth-order valence-electron chi connectivity index (χ4n) is 1.80. The van der Waals surface area contributed by atoms with E-state index in [9.17, 15) is 13.2 Å². The van der Waals surface area contributed by atoms with Crippen molar-refractivity contribution in [2.45, 2.75) is 35.6 Å². The molecule has 0 aliphatic rings. The van der Waals surface area contributed by atoms with Crippen molar-refractivity contribution >= 4 is 44.0 Å². The zero-order valence-electron chi connectivity index (χ0n) is 13.4. The highest BCUT2D eigenvalue weighted by atomic mass is 32.2. The van der Waals surface area contributed by atoms with Gasteiger partial charge in [-0.25, -0.2) is 8.42 Å². The summed E-state index contributed by atoms with van der Waals surface area (Å²) in [6.07, 6.45) is 1.00. The maximum Gasteiger partial charge on any atom is 0.241 e. The molecule has 0 bridgehead atoms. The molecule has 2 aromatic rings. The summed E-state index contributed by atoms with van der Waals surface area (Å²) in [6.45, 7) is 4.17. The minimum atomic E-state index is -3.53. The smallest absolute Gasteiger partial charge is 0.241 e. The normalized spacial score (nSPS) is 12.8. The Labute approximate surface area is 150 Å². The van der Waals surface area contributed by atoms with Gasteiger partial charge in [-0.3, -0.25) is 10.1 Å². The van der Waals surface area contributed by atoms with E-state index in [4.69, 9.17) is 0 Å². The minimum absolute atomic E-state index is 0.160. The minimum Gasteiger partial charge on any atom is -0.300 e. The monoisotopic (exact) mass is 385 g/mol. The lowest BCUT2D eigenvalue weighted by atomic mass is 10.2. The van der Waals surface area contributed by atoms with E-state index >= 15 is 0 Å². The lowest BCUT2D eigenvalue weighted by Crippen LogP contribution is -2.23. The molecule has 1 aromatic carbocycles. The molecule has 0 saturated carbocycles.